The number of nitrogens with one attached hydrogen (secondary N) is 1. The summed E-state index contributed by atoms with van der Waals surface area (Å²) in [7, 11) is 0. The van der Waals surface area contributed by atoms with Crippen molar-refractivity contribution in [3.63, 3.8) is 0 Å². The van der Waals surface area contributed by atoms with Crippen LogP contribution in [0.3, 0.4) is 0 Å². The Morgan fingerprint density at radius 3 is 2.57 bits per heavy atom. The van der Waals surface area contributed by atoms with Crippen LogP contribution in [0, 0.1) is 5.95 Å². The molecule has 0 aliphatic heterocycles. The Kier molecular flexibility index (Phi) is 3.64. The number of pyridine rings is 1. The van der Waals surface area contributed by atoms with Gasteiger partial charge >= 0.3 is 0 Å². The van der Waals surface area contributed by atoms with Gasteiger partial charge in [0, 0.05) is 24.1 Å². The first-order valence-electron chi connectivity index (χ1n) is 6.69. The van der Waals surface area contributed by atoms with Crippen molar-refractivity contribution in [3.8, 4) is 5.69 Å². The van der Waals surface area contributed by atoms with Crippen LogP contribution in [0.1, 0.15) is 18.5 Å². The quantitative estimate of drug-likeness (QED) is 0.744. The SMILES string of the molecule is CC(Nc1ccc(F)nc1)c1ccc(-n2ccnc2)cc1. The first-order valence-corrected chi connectivity index (χ1v) is 6.69. The average Bonchev–Trinajstić information content (AvgIpc) is 3.04. The van der Waals surface area contributed by atoms with Crippen molar-refractivity contribution in [2.75, 3.05) is 5.32 Å². The third-order valence-electron chi connectivity index (χ3n) is 3.31. The smallest absolute Gasteiger partial charge is 0.212 e. The summed E-state index contributed by atoms with van der Waals surface area (Å²) in [5, 5.41) is 3.29. The van der Waals surface area contributed by atoms with Gasteiger partial charge in [0.25, 0.3) is 0 Å². The Hall–Kier alpha value is -2.69. The molecule has 1 unspecified atom stereocenters. The molecule has 3 aromatic rings. The van der Waals surface area contributed by atoms with Crippen molar-refractivity contribution in [1.82, 2.24) is 14.5 Å². The number of halogens is 1. The molecule has 2 heterocycles. The van der Waals surface area contributed by atoms with E-state index in [0.717, 1.165) is 16.9 Å². The minimum atomic E-state index is -0.474. The number of benzene rings is 1. The molecule has 1 aromatic carbocycles. The third kappa shape index (κ3) is 3.08. The average molecular weight is 282 g/mol. The summed E-state index contributed by atoms with van der Waals surface area (Å²) in [6, 6.07) is 11.3. The standard InChI is InChI=1S/C16H15FN4/c1-12(20-14-4-7-16(17)19-10-14)13-2-5-15(6-3-13)21-9-8-18-11-21/h2-12,20H,1H3. The molecular weight excluding hydrogens is 267 g/mol. The molecule has 0 aliphatic rings. The van der Waals surface area contributed by atoms with Crippen molar-refractivity contribution in [2.45, 2.75) is 13.0 Å². The van der Waals surface area contributed by atoms with Crippen LogP contribution in [0.5, 0.6) is 0 Å². The zero-order valence-electron chi connectivity index (χ0n) is 11.6. The Balaban J connectivity index is 1.73. The summed E-state index contributed by atoms with van der Waals surface area (Å²) in [4.78, 5) is 7.67. The summed E-state index contributed by atoms with van der Waals surface area (Å²) in [5.41, 5.74) is 3.00. The zero-order chi connectivity index (χ0) is 14.7. The number of aromatic nitrogens is 3. The topological polar surface area (TPSA) is 42.7 Å². The van der Waals surface area contributed by atoms with Gasteiger partial charge in [0.05, 0.1) is 18.2 Å². The van der Waals surface area contributed by atoms with Crippen LogP contribution in [0.25, 0.3) is 5.69 Å². The molecule has 1 atom stereocenters. The highest BCUT2D eigenvalue weighted by atomic mass is 19.1. The predicted molar refractivity (Wildman–Crippen MR) is 79.8 cm³/mol. The monoisotopic (exact) mass is 282 g/mol. The van der Waals surface area contributed by atoms with E-state index < -0.39 is 5.95 Å². The van der Waals surface area contributed by atoms with E-state index >= 15 is 0 Å². The Bertz CT molecular complexity index is 690. The molecule has 5 heteroatoms. The lowest BCUT2D eigenvalue weighted by molar-refractivity contribution is 0.584. The fourth-order valence-corrected chi connectivity index (χ4v) is 2.14. The van der Waals surface area contributed by atoms with Gasteiger partial charge in [-0.25, -0.2) is 9.97 Å². The largest absolute Gasteiger partial charge is 0.377 e. The van der Waals surface area contributed by atoms with Gasteiger partial charge in [0.2, 0.25) is 5.95 Å². The van der Waals surface area contributed by atoms with Crippen LogP contribution in [-0.2, 0) is 0 Å². The van der Waals surface area contributed by atoms with Gasteiger partial charge in [-0.3, -0.25) is 0 Å². The molecule has 0 saturated heterocycles. The van der Waals surface area contributed by atoms with Crippen LogP contribution >= 0.6 is 0 Å². The molecule has 106 valence electrons. The van der Waals surface area contributed by atoms with Crippen LogP contribution in [0.15, 0.2) is 61.3 Å². The molecule has 0 amide bonds. The van der Waals surface area contributed by atoms with Crippen LogP contribution in [0.4, 0.5) is 10.1 Å². The minimum absolute atomic E-state index is 0.106. The van der Waals surface area contributed by atoms with E-state index in [0.29, 0.717) is 0 Å². The zero-order valence-corrected chi connectivity index (χ0v) is 11.6. The minimum Gasteiger partial charge on any atom is -0.377 e. The number of hydrogen-bond donors (Lipinski definition) is 1. The van der Waals surface area contributed by atoms with Crippen LogP contribution in [0.2, 0.25) is 0 Å². The maximum Gasteiger partial charge on any atom is 0.212 e. The molecule has 0 fully saturated rings. The van der Waals surface area contributed by atoms with Crippen LogP contribution < -0.4 is 5.32 Å². The molecule has 0 aliphatic carbocycles. The molecule has 1 N–H and O–H groups in total. The molecule has 2 aromatic heterocycles. The van der Waals surface area contributed by atoms with E-state index in [1.165, 1.54) is 12.3 Å². The highest BCUT2D eigenvalue weighted by Gasteiger charge is 2.06. The highest BCUT2D eigenvalue weighted by Crippen LogP contribution is 2.20. The summed E-state index contributed by atoms with van der Waals surface area (Å²) in [5.74, 6) is -0.474. The van der Waals surface area contributed by atoms with E-state index in [1.54, 1.807) is 18.6 Å². The third-order valence-corrected chi connectivity index (χ3v) is 3.31. The van der Waals surface area contributed by atoms with Gasteiger partial charge in [0.1, 0.15) is 0 Å². The molecule has 0 saturated carbocycles. The van der Waals surface area contributed by atoms with Gasteiger partial charge in [-0.05, 0) is 36.8 Å². The number of imidazole rings is 1. The summed E-state index contributed by atoms with van der Waals surface area (Å²) >= 11 is 0. The first kappa shape index (κ1) is 13.3. The lowest BCUT2D eigenvalue weighted by Crippen LogP contribution is -2.07. The number of rotatable bonds is 4. The predicted octanol–water partition coefficient (Wildman–Crippen LogP) is 3.58. The van der Waals surface area contributed by atoms with Gasteiger partial charge in [0.15, 0.2) is 0 Å². The van der Waals surface area contributed by atoms with E-state index in [-0.39, 0.29) is 6.04 Å². The number of nitrogens with zero attached hydrogens (tertiary/aromatic N) is 3. The van der Waals surface area contributed by atoms with Crippen LogP contribution in [-0.4, -0.2) is 14.5 Å². The molecule has 3 rings (SSSR count). The van der Waals surface area contributed by atoms with E-state index in [9.17, 15) is 4.39 Å². The van der Waals surface area contributed by atoms with E-state index in [4.69, 9.17) is 0 Å². The van der Waals surface area contributed by atoms with E-state index in [1.807, 2.05) is 22.9 Å². The second-order valence-corrected chi connectivity index (χ2v) is 4.80. The highest BCUT2D eigenvalue weighted by molar-refractivity contribution is 5.44. The van der Waals surface area contributed by atoms with Gasteiger partial charge in [-0.1, -0.05) is 12.1 Å². The lowest BCUT2D eigenvalue weighted by atomic mass is 10.1. The maximum absolute atomic E-state index is 12.8. The Labute approximate surface area is 122 Å². The van der Waals surface area contributed by atoms with Crippen molar-refractivity contribution < 1.29 is 4.39 Å². The van der Waals surface area contributed by atoms with Crippen molar-refractivity contribution in [3.05, 3.63) is 72.8 Å². The van der Waals surface area contributed by atoms with Crippen molar-refractivity contribution >= 4 is 5.69 Å². The van der Waals surface area contributed by atoms with Gasteiger partial charge in [-0.15, -0.1) is 0 Å². The number of hydrogen-bond acceptors (Lipinski definition) is 3. The van der Waals surface area contributed by atoms with Crippen molar-refractivity contribution in [2.24, 2.45) is 0 Å². The number of anilines is 1. The van der Waals surface area contributed by atoms with E-state index in [2.05, 4.69) is 34.3 Å². The molecule has 0 spiro atoms. The maximum atomic E-state index is 12.8. The first-order chi connectivity index (χ1) is 10.2. The van der Waals surface area contributed by atoms with Crippen molar-refractivity contribution in [1.29, 1.82) is 0 Å². The van der Waals surface area contributed by atoms with Gasteiger partial charge in [-0.2, -0.15) is 4.39 Å². The summed E-state index contributed by atoms with van der Waals surface area (Å²) < 4.78 is 14.7. The molecule has 21 heavy (non-hydrogen) atoms. The lowest BCUT2D eigenvalue weighted by Gasteiger charge is -2.16. The fourth-order valence-electron chi connectivity index (χ4n) is 2.14. The Morgan fingerprint density at radius 1 is 1.14 bits per heavy atom. The summed E-state index contributed by atoms with van der Waals surface area (Å²) in [6.45, 7) is 2.05. The normalized spacial score (nSPS) is 12.1. The molecule has 0 radical (unpaired) electrons. The Morgan fingerprint density at radius 2 is 1.95 bits per heavy atom. The molecule has 0 bridgehead atoms. The second kappa shape index (κ2) is 5.75. The van der Waals surface area contributed by atoms with Gasteiger partial charge < -0.3 is 9.88 Å². The summed E-state index contributed by atoms with van der Waals surface area (Å²) in [6.07, 6.45) is 6.91. The molecule has 4 nitrogen and oxygen atoms in total. The molecular formula is C16H15FN4. The second-order valence-electron chi connectivity index (χ2n) is 4.80. The fraction of sp³-hybridized carbons (Fsp3) is 0.125.